The van der Waals surface area contributed by atoms with Gasteiger partial charge in [0.05, 0.1) is 5.69 Å². The zero-order valence-electron chi connectivity index (χ0n) is 17.2. The van der Waals surface area contributed by atoms with Crippen molar-refractivity contribution in [2.75, 3.05) is 11.4 Å². The predicted molar refractivity (Wildman–Crippen MR) is 118 cm³/mol. The molecule has 0 aliphatic heterocycles. The Morgan fingerprint density at radius 3 is 2.48 bits per heavy atom. The second-order valence-electron chi connectivity index (χ2n) is 7.17. The lowest BCUT2D eigenvalue weighted by molar-refractivity contribution is -0.116. The quantitative estimate of drug-likeness (QED) is 0.499. The minimum atomic E-state index is -0.197. The average Bonchev–Trinajstić information content (AvgIpc) is 3.14. The first kappa shape index (κ1) is 21.1. The highest BCUT2D eigenvalue weighted by molar-refractivity contribution is 6.30. The number of unbranched alkanes of at least 4 members (excludes halogenated alkanes) is 2. The molecule has 7 heteroatoms. The minimum Gasteiger partial charge on any atom is -0.298 e. The fourth-order valence-electron chi connectivity index (χ4n) is 3.46. The predicted octanol–water partition coefficient (Wildman–Crippen LogP) is 4.77. The second-order valence-corrected chi connectivity index (χ2v) is 7.61. The number of amides is 1. The number of anilines is 1. The molecule has 3 aromatic rings. The van der Waals surface area contributed by atoms with Crippen molar-refractivity contribution in [2.24, 2.45) is 0 Å². The third-order valence-corrected chi connectivity index (χ3v) is 5.18. The normalized spacial score (nSPS) is 11.2. The third kappa shape index (κ3) is 4.53. The van der Waals surface area contributed by atoms with Crippen LogP contribution >= 0.6 is 11.6 Å². The Morgan fingerprint density at radius 1 is 1.14 bits per heavy atom. The number of hydrogen-bond donors (Lipinski definition) is 0. The molecule has 0 aliphatic carbocycles. The standard InChI is InChI=1S/C22H27ClN4O2/c1-4-6-7-13-26-20(25(12-5-2)16(3)28)14-21(29)27-15-19(24-22(26)27)17-8-10-18(23)11-9-17/h8-11,14-15H,4-7,12-13H2,1-3H3. The Hall–Kier alpha value is -2.60. The highest BCUT2D eigenvalue weighted by atomic mass is 35.5. The van der Waals surface area contributed by atoms with E-state index in [1.807, 2.05) is 23.6 Å². The van der Waals surface area contributed by atoms with Crippen molar-refractivity contribution in [3.63, 3.8) is 0 Å². The molecule has 1 amide bonds. The number of halogens is 1. The van der Waals surface area contributed by atoms with Crippen molar-refractivity contribution < 1.29 is 4.79 Å². The van der Waals surface area contributed by atoms with E-state index in [0.717, 1.165) is 31.2 Å². The Labute approximate surface area is 175 Å². The Kier molecular flexibility index (Phi) is 6.75. The molecule has 2 heterocycles. The zero-order valence-corrected chi connectivity index (χ0v) is 17.9. The van der Waals surface area contributed by atoms with Gasteiger partial charge in [-0.25, -0.2) is 4.98 Å². The van der Waals surface area contributed by atoms with E-state index in [4.69, 9.17) is 16.6 Å². The maximum Gasteiger partial charge on any atom is 0.261 e. The largest absolute Gasteiger partial charge is 0.298 e. The van der Waals surface area contributed by atoms with Gasteiger partial charge in [-0.15, -0.1) is 0 Å². The van der Waals surface area contributed by atoms with Gasteiger partial charge in [-0.05, 0) is 25.0 Å². The number of hydrogen-bond acceptors (Lipinski definition) is 3. The van der Waals surface area contributed by atoms with Gasteiger partial charge in [-0.3, -0.25) is 23.5 Å². The van der Waals surface area contributed by atoms with Crippen LogP contribution in [0.4, 0.5) is 5.82 Å². The van der Waals surface area contributed by atoms with Gasteiger partial charge in [0.15, 0.2) is 0 Å². The van der Waals surface area contributed by atoms with Crippen LogP contribution in [0.25, 0.3) is 17.0 Å². The summed E-state index contributed by atoms with van der Waals surface area (Å²) in [4.78, 5) is 31.6. The molecule has 0 bridgehead atoms. The number of nitrogens with zero attached hydrogens (tertiary/aromatic N) is 4. The monoisotopic (exact) mass is 414 g/mol. The van der Waals surface area contributed by atoms with Crippen LogP contribution in [-0.4, -0.2) is 26.4 Å². The van der Waals surface area contributed by atoms with Crippen LogP contribution in [0.5, 0.6) is 0 Å². The van der Waals surface area contributed by atoms with Gasteiger partial charge in [-0.1, -0.05) is 50.4 Å². The molecular formula is C22H27ClN4O2. The van der Waals surface area contributed by atoms with Gasteiger partial charge in [0.25, 0.3) is 5.56 Å². The van der Waals surface area contributed by atoms with Gasteiger partial charge >= 0.3 is 0 Å². The summed E-state index contributed by atoms with van der Waals surface area (Å²) in [7, 11) is 0. The lowest BCUT2D eigenvalue weighted by Crippen LogP contribution is -2.34. The van der Waals surface area contributed by atoms with Gasteiger partial charge in [0, 0.05) is 42.9 Å². The SMILES string of the molecule is CCCCCn1c(N(CCC)C(C)=O)cc(=O)n2cc(-c3ccc(Cl)cc3)nc12. The van der Waals surface area contributed by atoms with Crippen molar-refractivity contribution in [3.8, 4) is 11.3 Å². The maximum absolute atomic E-state index is 12.9. The van der Waals surface area contributed by atoms with E-state index in [0.29, 0.717) is 35.4 Å². The molecular weight excluding hydrogens is 388 g/mol. The molecule has 0 N–H and O–H groups in total. The van der Waals surface area contributed by atoms with Crippen LogP contribution in [0.15, 0.2) is 41.3 Å². The summed E-state index contributed by atoms with van der Waals surface area (Å²) in [5.74, 6) is 1.08. The number of fused-ring (bicyclic) bond motifs is 1. The molecule has 6 nitrogen and oxygen atoms in total. The van der Waals surface area contributed by atoms with E-state index in [1.165, 1.54) is 6.92 Å². The van der Waals surface area contributed by atoms with Crippen LogP contribution in [0.2, 0.25) is 5.02 Å². The third-order valence-electron chi connectivity index (χ3n) is 4.92. The van der Waals surface area contributed by atoms with E-state index in [2.05, 4.69) is 6.92 Å². The molecule has 29 heavy (non-hydrogen) atoms. The van der Waals surface area contributed by atoms with Crippen LogP contribution in [0.1, 0.15) is 46.5 Å². The maximum atomic E-state index is 12.9. The lowest BCUT2D eigenvalue weighted by Gasteiger charge is -2.25. The number of carbonyl (C=O) groups excluding carboxylic acids is 1. The van der Waals surface area contributed by atoms with Crippen molar-refractivity contribution in [2.45, 2.75) is 53.0 Å². The molecule has 0 spiro atoms. The first-order chi connectivity index (χ1) is 14.0. The minimum absolute atomic E-state index is 0.0793. The summed E-state index contributed by atoms with van der Waals surface area (Å²) in [5, 5.41) is 0.649. The molecule has 3 rings (SSSR count). The molecule has 0 aliphatic rings. The molecule has 0 saturated heterocycles. The van der Waals surface area contributed by atoms with Crippen LogP contribution < -0.4 is 10.5 Å². The summed E-state index contributed by atoms with van der Waals surface area (Å²) < 4.78 is 3.55. The Morgan fingerprint density at radius 2 is 1.86 bits per heavy atom. The molecule has 0 fully saturated rings. The van der Waals surface area contributed by atoms with Gasteiger partial charge in [0.1, 0.15) is 5.82 Å². The number of imidazole rings is 1. The first-order valence-electron chi connectivity index (χ1n) is 10.1. The van der Waals surface area contributed by atoms with Gasteiger partial charge in [0.2, 0.25) is 11.7 Å². The van der Waals surface area contributed by atoms with Gasteiger partial charge in [-0.2, -0.15) is 0 Å². The second kappa shape index (κ2) is 9.27. The number of carbonyl (C=O) groups is 1. The molecule has 0 radical (unpaired) electrons. The van der Waals surface area contributed by atoms with E-state index in [-0.39, 0.29) is 11.5 Å². The highest BCUT2D eigenvalue weighted by Gasteiger charge is 2.19. The van der Waals surface area contributed by atoms with Crippen LogP contribution in [0.3, 0.4) is 0 Å². The van der Waals surface area contributed by atoms with Crippen molar-refractivity contribution in [1.29, 1.82) is 0 Å². The molecule has 0 unspecified atom stereocenters. The van der Waals surface area contributed by atoms with E-state index >= 15 is 0 Å². The van der Waals surface area contributed by atoms with E-state index in [9.17, 15) is 9.59 Å². The van der Waals surface area contributed by atoms with Crippen LogP contribution in [-0.2, 0) is 11.3 Å². The van der Waals surface area contributed by atoms with Crippen molar-refractivity contribution >= 4 is 29.1 Å². The number of aryl methyl sites for hydroxylation is 1. The Bertz CT molecular complexity index is 1050. The van der Waals surface area contributed by atoms with Crippen molar-refractivity contribution in [3.05, 3.63) is 51.9 Å². The summed E-state index contributed by atoms with van der Waals surface area (Å²) in [6.07, 6.45) is 5.65. The summed E-state index contributed by atoms with van der Waals surface area (Å²) in [6.45, 7) is 6.95. The fourth-order valence-corrected chi connectivity index (χ4v) is 3.58. The summed E-state index contributed by atoms with van der Waals surface area (Å²) in [6, 6.07) is 8.92. The van der Waals surface area contributed by atoms with E-state index < -0.39 is 0 Å². The highest BCUT2D eigenvalue weighted by Crippen LogP contribution is 2.24. The average molecular weight is 415 g/mol. The number of benzene rings is 1. The van der Waals surface area contributed by atoms with E-state index in [1.54, 1.807) is 33.7 Å². The zero-order chi connectivity index (χ0) is 21.0. The Balaban J connectivity index is 2.19. The first-order valence-corrected chi connectivity index (χ1v) is 10.5. The molecule has 0 saturated carbocycles. The summed E-state index contributed by atoms with van der Waals surface area (Å²) in [5.41, 5.74) is 1.39. The smallest absolute Gasteiger partial charge is 0.261 e. The fraction of sp³-hybridized carbons (Fsp3) is 0.409. The molecule has 0 atom stereocenters. The number of rotatable bonds is 8. The molecule has 1 aromatic carbocycles. The van der Waals surface area contributed by atoms with Gasteiger partial charge < -0.3 is 0 Å². The topological polar surface area (TPSA) is 59.6 Å². The molecule has 2 aromatic heterocycles. The molecule has 154 valence electrons. The number of aromatic nitrogens is 3. The van der Waals surface area contributed by atoms with Crippen molar-refractivity contribution in [1.82, 2.24) is 14.0 Å². The summed E-state index contributed by atoms with van der Waals surface area (Å²) >= 11 is 6.00. The van der Waals surface area contributed by atoms with Crippen LogP contribution in [0, 0.1) is 0 Å². The lowest BCUT2D eigenvalue weighted by atomic mass is 10.2.